The molecular formula is C20H30O. The lowest BCUT2D eigenvalue weighted by Gasteiger charge is -2.23. The SMILES string of the molecule is Cc1c(C)c(C)c(C(=O)C2CCCCCCC2)c(C)c1C. The minimum absolute atomic E-state index is 0.254. The lowest BCUT2D eigenvalue weighted by molar-refractivity contribution is 0.0897. The fourth-order valence-corrected chi connectivity index (χ4v) is 3.79. The average Bonchev–Trinajstić information content (AvgIpc) is 2.43. The van der Waals surface area contributed by atoms with E-state index in [1.54, 1.807) is 0 Å². The van der Waals surface area contributed by atoms with Gasteiger partial charge in [0.1, 0.15) is 0 Å². The van der Waals surface area contributed by atoms with Gasteiger partial charge in [0.25, 0.3) is 0 Å². The average molecular weight is 286 g/mol. The number of benzene rings is 1. The summed E-state index contributed by atoms with van der Waals surface area (Å²) >= 11 is 0. The van der Waals surface area contributed by atoms with Crippen LogP contribution in [0.25, 0.3) is 0 Å². The van der Waals surface area contributed by atoms with Crippen LogP contribution in [0.2, 0.25) is 0 Å². The van der Waals surface area contributed by atoms with E-state index in [2.05, 4.69) is 34.6 Å². The second-order valence-corrected chi connectivity index (χ2v) is 6.91. The van der Waals surface area contributed by atoms with Gasteiger partial charge in [-0.25, -0.2) is 0 Å². The molecule has 1 aliphatic rings. The van der Waals surface area contributed by atoms with Crippen LogP contribution in [0.3, 0.4) is 0 Å². The van der Waals surface area contributed by atoms with Crippen molar-refractivity contribution in [2.75, 3.05) is 0 Å². The first kappa shape index (κ1) is 16.3. The van der Waals surface area contributed by atoms with Crippen molar-refractivity contribution < 1.29 is 4.79 Å². The number of carbonyl (C=O) groups is 1. The Hall–Kier alpha value is -1.11. The topological polar surface area (TPSA) is 17.1 Å². The largest absolute Gasteiger partial charge is 0.294 e. The standard InChI is InChI=1S/C20H30O/c1-13-14(2)16(4)19(17(5)15(13)3)20(21)18-11-9-7-6-8-10-12-18/h18H,6-12H2,1-5H3. The molecule has 1 saturated carbocycles. The Bertz CT molecular complexity index is 502. The second-order valence-electron chi connectivity index (χ2n) is 6.91. The number of hydrogen-bond donors (Lipinski definition) is 0. The molecule has 0 saturated heterocycles. The Balaban J connectivity index is 2.38. The smallest absolute Gasteiger partial charge is 0.166 e. The summed E-state index contributed by atoms with van der Waals surface area (Å²) in [4.78, 5) is 13.1. The Labute approximate surface area is 130 Å². The summed E-state index contributed by atoms with van der Waals surface area (Å²) in [6.45, 7) is 10.8. The third-order valence-corrected chi connectivity index (χ3v) is 5.72. The second kappa shape index (κ2) is 6.77. The van der Waals surface area contributed by atoms with E-state index in [4.69, 9.17) is 0 Å². The van der Waals surface area contributed by atoms with Crippen molar-refractivity contribution >= 4 is 5.78 Å². The van der Waals surface area contributed by atoms with Gasteiger partial charge in [0, 0.05) is 11.5 Å². The summed E-state index contributed by atoms with van der Waals surface area (Å²) in [5.74, 6) is 0.669. The van der Waals surface area contributed by atoms with Crippen molar-refractivity contribution in [2.24, 2.45) is 5.92 Å². The minimum Gasteiger partial charge on any atom is -0.294 e. The third kappa shape index (κ3) is 3.22. The van der Waals surface area contributed by atoms with E-state index in [-0.39, 0.29) is 5.92 Å². The molecule has 0 spiro atoms. The molecular weight excluding hydrogens is 256 g/mol. The monoisotopic (exact) mass is 286 g/mol. The molecule has 1 heteroatoms. The maximum atomic E-state index is 13.1. The Kier molecular flexibility index (Phi) is 5.24. The summed E-state index contributed by atoms with van der Waals surface area (Å²) in [5, 5.41) is 0. The Morgan fingerprint density at radius 2 is 1.05 bits per heavy atom. The van der Waals surface area contributed by atoms with E-state index in [1.807, 2.05) is 0 Å². The first-order chi connectivity index (χ1) is 9.95. The first-order valence-electron chi connectivity index (χ1n) is 8.56. The molecule has 0 radical (unpaired) electrons. The highest BCUT2D eigenvalue weighted by Crippen LogP contribution is 2.31. The van der Waals surface area contributed by atoms with Crippen LogP contribution in [0.4, 0.5) is 0 Å². The zero-order chi connectivity index (χ0) is 15.6. The minimum atomic E-state index is 0.254. The maximum Gasteiger partial charge on any atom is 0.166 e. The van der Waals surface area contributed by atoms with Gasteiger partial charge in [-0.2, -0.15) is 0 Å². The summed E-state index contributed by atoms with van der Waals surface area (Å²) in [6.07, 6.45) is 8.56. The van der Waals surface area contributed by atoms with Crippen molar-refractivity contribution in [2.45, 2.75) is 79.6 Å². The van der Waals surface area contributed by atoms with Crippen LogP contribution in [0, 0.1) is 40.5 Å². The van der Waals surface area contributed by atoms with Crippen molar-refractivity contribution in [1.82, 2.24) is 0 Å². The van der Waals surface area contributed by atoms with Crippen LogP contribution < -0.4 is 0 Å². The van der Waals surface area contributed by atoms with Gasteiger partial charge < -0.3 is 0 Å². The van der Waals surface area contributed by atoms with Gasteiger partial charge >= 0.3 is 0 Å². The van der Waals surface area contributed by atoms with Gasteiger partial charge in [-0.15, -0.1) is 0 Å². The molecule has 0 N–H and O–H groups in total. The molecule has 2 rings (SSSR count). The van der Waals surface area contributed by atoms with E-state index in [0.717, 1.165) is 18.4 Å². The van der Waals surface area contributed by atoms with Crippen LogP contribution in [0.5, 0.6) is 0 Å². The lowest BCUT2D eigenvalue weighted by Crippen LogP contribution is -2.20. The molecule has 0 atom stereocenters. The molecule has 0 unspecified atom stereocenters. The van der Waals surface area contributed by atoms with E-state index in [0.29, 0.717) is 5.78 Å². The van der Waals surface area contributed by atoms with E-state index < -0.39 is 0 Å². The van der Waals surface area contributed by atoms with Gasteiger partial charge in [0.2, 0.25) is 0 Å². The molecule has 1 aromatic carbocycles. The molecule has 21 heavy (non-hydrogen) atoms. The van der Waals surface area contributed by atoms with Crippen LogP contribution in [0.1, 0.15) is 83.1 Å². The summed E-state index contributed by atoms with van der Waals surface area (Å²) in [5.41, 5.74) is 7.39. The highest BCUT2D eigenvalue weighted by molar-refractivity contribution is 6.01. The summed E-state index contributed by atoms with van der Waals surface area (Å²) in [6, 6.07) is 0. The summed E-state index contributed by atoms with van der Waals surface area (Å²) in [7, 11) is 0. The normalized spacial score (nSPS) is 17.4. The van der Waals surface area contributed by atoms with Crippen LogP contribution in [-0.4, -0.2) is 5.78 Å². The molecule has 116 valence electrons. The molecule has 0 heterocycles. The Morgan fingerprint density at radius 1 is 0.667 bits per heavy atom. The molecule has 0 amide bonds. The van der Waals surface area contributed by atoms with Crippen molar-refractivity contribution in [3.05, 3.63) is 33.4 Å². The number of ketones is 1. The zero-order valence-electron chi connectivity index (χ0n) is 14.4. The number of carbonyl (C=O) groups excluding carboxylic acids is 1. The molecule has 1 aliphatic carbocycles. The van der Waals surface area contributed by atoms with Crippen LogP contribution in [-0.2, 0) is 0 Å². The van der Waals surface area contributed by atoms with E-state index in [1.165, 1.54) is 59.9 Å². The zero-order valence-corrected chi connectivity index (χ0v) is 14.4. The molecule has 1 aromatic rings. The quantitative estimate of drug-likeness (QED) is 0.630. The van der Waals surface area contributed by atoms with Gasteiger partial charge in [-0.3, -0.25) is 4.79 Å². The van der Waals surface area contributed by atoms with E-state index >= 15 is 0 Å². The fourth-order valence-electron chi connectivity index (χ4n) is 3.79. The predicted molar refractivity (Wildman–Crippen MR) is 90.3 cm³/mol. The van der Waals surface area contributed by atoms with Crippen molar-refractivity contribution in [3.8, 4) is 0 Å². The van der Waals surface area contributed by atoms with Crippen LogP contribution in [0.15, 0.2) is 0 Å². The highest BCUT2D eigenvalue weighted by atomic mass is 16.1. The molecule has 1 fully saturated rings. The predicted octanol–water partition coefficient (Wildman–Crippen LogP) is 5.77. The lowest BCUT2D eigenvalue weighted by atomic mass is 9.80. The highest BCUT2D eigenvalue weighted by Gasteiger charge is 2.25. The number of rotatable bonds is 2. The summed E-state index contributed by atoms with van der Waals surface area (Å²) < 4.78 is 0. The molecule has 1 nitrogen and oxygen atoms in total. The van der Waals surface area contributed by atoms with Gasteiger partial charge in [0.15, 0.2) is 5.78 Å². The van der Waals surface area contributed by atoms with Crippen molar-refractivity contribution in [3.63, 3.8) is 0 Å². The third-order valence-electron chi connectivity index (χ3n) is 5.72. The van der Waals surface area contributed by atoms with Gasteiger partial charge in [-0.1, -0.05) is 32.1 Å². The van der Waals surface area contributed by atoms with E-state index in [9.17, 15) is 4.79 Å². The van der Waals surface area contributed by atoms with Gasteiger partial charge in [-0.05, 0) is 75.3 Å². The van der Waals surface area contributed by atoms with Crippen LogP contribution >= 0.6 is 0 Å². The number of Topliss-reactive ketones (excluding diaryl/α,β-unsaturated/α-hetero) is 1. The maximum absolute atomic E-state index is 13.1. The molecule has 0 aliphatic heterocycles. The van der Waals surface area contributed by atoms with Gasteiger partial charge in [0.05, 0.1) is 0 Å². The Morgan fingerprint density at radius 3 is 1.52 bits per heavy atom. The molecule has 0 aromatic heterocycles. The fraction of sp³-hybridized carbons (Fsp3) is 0.650. The number of hydrogen-bond acceptors (Lipinski definition) is 1. The first-order valence-corrected chi connectivity index (χ1v) is 8.56. The molecule has 0 bridgehead atoms. The van der Waals surface area contributed by atoms with Crippen molar-refractivity contribution in [1.29, 1.82) is 0 Å².